The molecule has 0 bridgehead atoms. The minimum Gasteiger partial charge on any atom is -0.393 e. The zero-order valence-corrected chi connectivity index (χ0v) is 11.8. The summed E-state index contributed by atoms with van der Waals surface area (Å²) in [5.74, 6) is 0.648. The molecule has 1 rings (SSSR count). The summed E-state index contributed by atoms with van der Waals surface area (Å²) >= 11 is 0. The van der Waals surface area contributed by atoms with Crippen LogP contribution in [0, 0.1) is 11.8 Å². The van der Waals surface area contributed by atoms with Crippen molar-refractivity contribution >= 4 is 18.3 Å². The van der Waals surface area contributed by atoms with E-state index in [1.807, 2.05) is 25.8 Å². The van der Waals surface area contributed by atoms with Crippen LogP contribution in [-0.4, -0.2) is 48.7 Å². The van der Waals surface area contributed by atoms with Crippen LogP contribution in [0.3, 0.4) is 0 Å². The number of carbonyl (C=O) groups is 1. The molecule has 5 heteroatoms. The first-order valence-electron chi connectivity index (χ1n) is 6.17. The third-order valence-electron chi connectivity index (χ3n) is 3.47. The molecule has 102 valence electrons. The van der Waals surface area contributed by atoms with E-state index in [0.29, 0.717) is 5.92 Å². The van der Waals surface area contributed by atoms with Crippen molar-refractivity contribution in [2.24, 2.45) is 11.8 Å². The van der Waals surface area contributed by atoms with E-state index in [-0.39, 0.29) is 30.3 Å². The molecule has 2 unspecified atom stereocenters. The van der Waals surface area contributed by atoms with Crippen molar-refractivity contribution < 1.29 is 9.90 Å². The van der Waals surface area contributed by atoms with Gasteiger partial charge in [0.1, 0.15) is 0 Å². The molecule has 1 saturated heterocycles. The van der Waals surface area contributed by atoms with Crippen molar-refractivity contribution in [2.45, 2.75) is 32.8 Å². The van der Waals surface area contributed by atoms with Gasteiger partial charge in [0, 0.05) is 25.6 Å². The topological polar surface area (TPSA) is 52.6 Å². The molecule has 0 aromatic heterocycles. The number of piperidine rings is 1. The van der Waals surface area contributed by atoms with Crippen LogP contribution in [0.4, 0.5) is 0 Å². The standard InChI is InChI=1S/C12H24N2O2.ClH/c1-9(8-13-3)12(16)14-6-4-11(5-7-14)10(2)15;/h9-11,13,15H,4-8H2,1-3H3;1H. The summed E-state index contributed by atoms with van der Waals surface area (Å²) in [6.07, 6.45) is 1.61. The van der Waals surface area contributed by atoms with Crippen LogP contribution in [0.1, 0.15) is 26.7 Å². The summed E-state index contributed by atoms with van der Waals surface area (Å²) in [6.45, 7) is 6.12. The van der Waals surface area contributed by atoms with Crippen molar-refractivity contribution in [1.29, 1.82) is 0 Å². The van der Waals surface area contributed by atoms with Crippen molar-refractivity contribution in [2.75, 3.05) is 26.7 Å². The van der Waals surface area contributed by atoms with E-state index in [0.717, 1.165) is 32.5 Å². The lowest BCUT2D eigenvalue weighted by Gasteiger charge is -2.34. The van der Waals surface area contributed by atoms with Gasteiger partial charge in [0.25, 0.3) is 0 Å². The van der Waals surface area contributed by atoms with Crippen LogP contribution >= 0.6 is 12.4 Å². The maximum absolute atomic E-state index is 12.0. The highest BCUT2D eigenvalue weighted by molar-refractivity contribution is 5.85. The highest BCUT2D eigenvalue weighted by Gasteiger charge is 2.27. The van der Waals surface area contributed by atoms with Gasteiger partial charge >= 0.3 is 0 Å². The number of nitrogens with one attached hydrogen (secondary N) is 1. The molecule has 0 aromatic rings. The van der Waals surface area contributed by atoms with Crippen LogP contribution in [-0.2, 0) is 4.79 Å². The van der Waals surface area contributed by atoms with E-state index >= 15 is 0 Å². The van der Waals surface area contributed by atoms with Crippen molar-refractivity contribution in [3.63, 3.8) is 0 Å². The smallest absolute Gasteiger partial charge is 0.226 e. The molecule has 17 heavy (non-hydrogen) atoms. The second-order valence-electron chi connectivity index (χ2n) is 4.86. The normalized spacial score (nSPS) is 20.6. The van der Waals surface area contributed by atoms with Crippen LogP contribution in [0.2, 0.25) is 0 Å². The molecule has 1 amide bonds. The van der Waals surface area contributed by atoms with Gasteiger partial charge in [-0.25, -0.2) is 0 Å². The molecule has 2 N–H and O–H groups in total. The van der Waals surface area contributed by atoms with E-state index in [2.05, 4.69) is 5.32 Å². The molecule has 0 aromatic carbocycles. The average Bonchev–Trinajstić information content (AvgIpc) is 2.28. The van der Waals surface area contributed by atoms with Gasteiger partial charge in [-0.3, -0.25) is 4.79 Å². The predicted octanol–water partition coefficient (Wildman–Crippen LogP) is 0.883. The fourth-order valence-corrected chi connectivity index (χ4v) is 2.31. The summed E-state index contributed by atoms with van der Waals surface area (Å²) in [4.78, 5) is 13.9. The van der Waals surface area contributed by atoms with Crippen molar-refractivity contribution in [1.82, 2.24) is 10.2 Å². The van der Waals surface area contributed by atoms with Crippen molar-refractivity contribution in [3.8, 4) is 0 Å². The zero-order valence-electron chi connectivity index (χ0n) is 11.0. The fraction of sp³-hybridized carbons (Fsp3) is 0.917. The lowest BCUT2D eigenvalue weighted by atomic mass is 9.91. The summed E-state index contributed by atoms with van der Waals surface area (Å²) in [7, 11) is 1.86. The Labute approximate surface area is 110 Å². The molecule has 0 saturated carbocycles. The Kier molecular flexibility index (Phi) is 7.75. The number of amides is 1. The number of halogens is 1. The van der Waals surface area contributed by atoms with Gasteiger partial charge in [0.2, 0.25) is 5.91 Å². The quantitative estimate of drug-likeness (QED) is 0.793. The van der Waals surface area contributed by atoms with E-state index in [4.69, 9.17) is 0 Å². The molecule has 1 heterocycles. The molecule has 1 fully saturated rings. The number of aliphatic hydroxyl groups excluding tert-OH is 1. The SMILES string of the molecule is CNCC(C)C(=O)N1CCC(C(C)O)CC1.Cl. The predicted molar refractivity (Wildman–Crippen MR) is 71.3 cm³/mol. The Hall–Kier alpha value is -0.320. The monoisotopic (exact) mass is 264 g/mol. The maximum atomic E-state index is 12.0. The Morgan fingerprint density at radius 2 is 1.94 bits per heavy atom. The molecule has 4 nitrogen and oxygen atoms in total. The lowest BCUT2D eigenvalue weighted by molar-refractivity contribution is -0.136. The largest absolute Gasteiger partial charge is 0.393 e. The Morgan fingerprint density at radius 3 is 2.35 bits per heavy atom. The minimum absolute atomic E-state index is 0. The molecule has 1 aliphatic rings. The van der Waals surface area contributed by atoms with Gasteiger partial charge in [-0.05, 0) is 32.7 Å². The molecule has 2 atom stereocenters. The first kappa shape index (κ1) is 16.7. The molecule has 0 aliphatic carbocycles. The lowest BCUT2D eigenvalue weighted by Crippen LogP contribution is -2.44. The van der Waals surface area contributed by atoms with Crippen LogP contribution in [0.15, 0.2) is 0 Å². The fourth-order valence-electron chi connectivity index (χ4n) is 2.31. The van der Waals surface area contributed by atoms with E-state index < -0.39 is 0 Å². The minimum atomic E-state index is -0.244. The van der Waals surface area contributed by atoms with Gasteiger partial charge in [0.05, 0.1) is 6.10 Å². The Morgan fingerprint density at radius 1 is 1.41 bits per heavy atom. The van der Waals surface area contributed by atoms with Gasteiger partial charge in [-0.2, -0.15) is 0 Å². The third-order valence-corrected chi connectivity index (χ3v) is 3.47. The summed E-state index contributed by atoms with van der Waals surface area (Å²) < 4.78 is 0. The highest BCUT2D eigenvalue weighted by atomic mass is 35.5. The first-order chi connectivity index (χ1) is 7.56. The van der Waals surface area contributed by atoms with E-state index in [1.54, 1.807) is 0 Å². The second kappa shape index (κ2) is 7.90. The van der Waals surface area contributed by atoms with Crippen LogP contribution in [0.5, 0.6) is 0 Å². The number of aliphatic hydroxyl groups is 1. The summed E-state index contributed by atoms with van der Waals surface area (Å²) in [5.41, 5.74) is 0. The third kappa shape index (κ3) is 4.82. The number of hydrogen-bond acceptors (Lipinski definition) is 3. The Balaban J connectivity index is 0.00000256. The number of hydrogen-bond donors (Lipinski definition) is 2. The Bertz CT molecular complexity index is 229. The van der Waals surface area contributed by atoms with Crippen LogP contribution in [0.25, 0.3) is 0 Å². The van der Waals surface area contributed by atoms with E-state index in [1.165, 1.54) is 0 Å². The van der Waals surface area contributed by atoms with E-state index in [9.17, 15) is 9.90 Å². The molecular formula is C12H25ClN2O2. The molecular weight excluding hydrogens is 240 g/mol. The number of nitrogens with zero attached hydrogens (tertiary/aromatic N) is 1. The average molecular weight is 265 g/mol. The molecule has 0 spiro atoms. The maximum Gasteiger partial charge on any atom is 0.226 e. The van der Waals surface area contributed by atoms with Gasteiger partial charge in [0.15, 0.2) is 0 Å². The molecule has 1 aliphatic heterocycles. The number of likely N-dealkylation sites (tertiary alicyclic amines) is 1. The summed E-state index contributed by atoms with van der Waals surface area (Å²) in [5, 5.41) is 12.5. The highest BCUT2D eigenvalue weighted by Crippen LogP contribution is 2.21. The zero-order chi connectivity index (χ0) is 12.1. The van der Waals surface area contributed by atoms with Gasteiger partial charge < -0.3 is 15.3 Å². The van der Waals surface area contributed by atoms with Crippen molar-refractivity contribution in [3.05, 3.63) is 0 Å². The second-order valence-corrected chi connectivity index (χ2v) is 4.86. The number of rotatable bonds is 4. The first-order valence-corrected chi connectivity index (χ1v) is 6.17. The summed E-state index contributed by atoms with van der Waals surface area (Å²) in [6, 6.07) is 0. The van der Waals surface area contributed by atoms with Crippen LogP contribution < -0.4 is 5.32 Å². The molecule has 0 radical (unpaired) electrons. The van der Waals surface area contributed by atoms with Gasteiger partial charge in [-0.15, -0.1) is 12.4 Å². The number of carbonyl (C=O) groups excluding carboxylic acids is 1. The van der Waals surface area contributed by atoms with Gasteiger partial charge in [-0.1, -0.05) is 6.92 Å².